The van der Waals surface area contributed by atoms with Gasteiger partial charge in [0.05, 0.1) is 17.6 Å². The lowest BCUT2D eigenvalue weighted by atomic mass is 10.3. The van der Waals surface area contributed by atoms with Crippen LogP contribution >= 0.6 is 11.8 Å². The fourth-order valence-electron chi connectivity index (χ4n) is 2.04. The second-order valence-electron chi connectivity index (χ2n) is 5.31. The minimum atomic E-state index is -0.328. The van der Waals surface area contributed by atoms with E-state index in [1.54, 1.807) is 19.1 Å². The summed E-state index contributed by atoms with van der Waals surface area (Å²) in [5.74, 6) is 0.705. The van der Waals surface area contributed by atoms with Gasteiger partial charge in [0, 0.05) is 11.4 Å². The molecule has 6 heteroatoms. The van der Waals surface area contributed by atoms with E-state index in [4.69, 9.17) is 4.74 Å². The molecule has 0 unspecified atom stereocenters. The van der Waals surface area contributed by atoms with Gasteiger partial charge < -0.3 is 15.4 Å². The Morgan fingerprint density at radius 2 is 1.64 bits per heavy atom. The Labute approximate surface area is 152 Å². The van der Waals surface area contributed by atoms with Crippen LogP contribution in [0.4, 0.5) is 11.4 Å². The number of ether oxygens (including phenoxy) is 1. The van der Waals surface area contributed by atoms with Gasteiger partial charge >= 0.3 is 0 Å². The van der Waals surface area contributed by atoms with E-state index in [-0.39, 0.29) is 22.8 Å². The SMILES string of the molecule is CCOc1ccc(NC(=O)CS[C@H](C)C(=O)Nc2ccccc2)cc1. The first kappa shape index (κ1) is 18.9. The topological polar surface area (TPSA) is 67.4 Å². The van der Waals surface area contributed by atoms with Crippen molar-refractivity contribution < 1.29 is 14.3 Å². The van der Waals surface area contributed by atoms with Crippen LogP contribution in [0.1, 0.15) is 13.8 Å². The Bertz CT molecular complexity index is 690. The van der Waals surface area contributed by atoms with Crippen molar-refractivity contribution in [3.8, 4) is 5.75 Å². The molecule has 0 saturated carbocycles. The molecule has 132 valence electrons. The third-order valence-electron chi connectivity index (χ3n) is 3.32. The molecule has 5 nitrogen and oxygen atoms in total. The molecular weight excluding hydrogens is 336 g/mol. The van der Waals surface area contributed by atoms with Gasteiger partial charge in [0.25, 0.3) is 0 Å². The predicted octanol–water partition coefficient (Wildman–Crippen LogP) is 3.78. The van der Waals surface area contributed by atoms with Gasteiger partial charge in [0.15, 0.2) is 0 Å². The van der Waals surface area contributed by atoms with E-state index in [9.17, 15) is 9.59 Å². The molecule has 2 aromatic rings. The summed E-state index contributed by atoms with van der Waals surface area (Å²) in [7, 11) is 0. The zero-order valence-electron chi connectivity index (χ0n) is 14.3. The molecule has 0 aliphatic carbocycles. The minimum Gasteiger partial charge on any atom is -0.494 e. The molecule has 0 fully saturated rings. The van der Waals surface area contributed by atoms with Gasteiger partial charge in [0.2, 0.25) is 11.8 Å². The van der Waals surface area contributed by atoms with Crippen LogP contribution in [0.3, 0.4) is 0 Å². The quantitative estimate of drug-likeness (QED) is 0.753. The number of carbonyl (C=O) groups excluding carboxylic acids is 2. The first-order valence-electron chi connectivity index (χ1n) is 8.08. The molecule has 0 heterocycles. The van der Waals surface area contributed by atoms with Crippen molar-refractivity contribution in [3.63, 3.8) is 0 Å². The van der Waals surface area contributed by atoms with E-state index < -0.39 is 0 Å². The van der Waals surface area contributed by atoms with Crippen molar-refractivity contribution >= 4 is 35.0 Å². The predicted molar refractivity (Wildman–Crippen MR) is 103 cm³/mol. The van der Waals surface area contributed by atoms with Crippen LogP contribution in [-0.4, -0.2) is 29.4 Å². The third kappa shape index (κ3) is 6.51. The molecule has 0 aliphatic rings. The fourth-order valence-corrected chi connectivity index (χ4v) is 2.72. The Kier molecular flexibility index (Phi) is 7.35. The number of rotatable bonds is 8. The monoisotopic (exact) mass is 358 g/mol. The van der Waals surface area contributed by atoms with Crippen molar-refractivity contribution in [2.24, 2.45) is 0 Å². The second-order valence-corrected chi connectivity index (χ2v) is 6.64. The molecule has 0 radical (unpaired) electrons. The highest BCUT2D eigenvalue weighted by Crippen LogP contribution is 2.17. The van der Waals surface area contributed by atoms with Crippen LogP contribution in [0.15, 0.2) is 54.6 Å². The molecule has 1 atom stereocenters. The highest BCUT2D eigenvalue weighted by atomic mass is 32.2. The summed E-state index contributed by atoms with van der Waals surface area (Å²) in [6.07, 6.45) is 0. The minimum absolute atomic E-state index is 0.120. The largest absolute Gasteiger partial charge is 0.494 e. The lowest BCUT2D eigenvalue weighted by Crippen LogP contribution is -2.25. The third-order valence-corrected chi connectivity index (χ3v) is 4.47. The van der Waals surface area contributed by atoms with Crippen LogP contribution in [0.5, 0.6) is 5.75 Å². The number of anilines is 2. The van der Waals surface area contributed by atoms with Crippen molar-refractivity contribution in [1.82, 2.24) is 0 Å². The molecule has 25 heavy (non-hydrogen) atoms. The number of amides is 2. The first-order chi connectivity index (χ1) is 12.1. The lowest BCUT2D eigenvalue weighted by molar-refractivity contribution is -0.115. The van der Waals surface area contributed by atoms with Gasteiger partial charge in [-0.05, 0) is 50.2 Å². The van der Waals surface area contributed by atoms with Crippen molar-refractivity contribution in [3.05, 3.63) is 54.6 Å². The van der Waals surface area contributed by atoms with Crippen molar-refractivity contribution in [2.45, 2.75) is 19.1 Å². The van der Waals surface area contributed by atoms with Crippen LogP contribution in [-0.2, 0) is 9.59 Å². The molecule has 2 N–H and O–H groups in total. The number of para-hydroxylation sites is 1. The van der Waals surface area contributed by atoms with Gasteiger partial charge in [-0.25, -0.2) is 0 Å². The van der Waals surface area contributed by atoms with Crippen LogP contribution in [0.2, 0.25) is 0 Å². The maximum atomic E-state index is 12.1. The molecule has 0 aromatic heterocycles. The summed E-state index contributed by atoms with van der Waals surface area (Å²) in [6, 6.07) is 16.5. The zero-order chi connectivity index (χ0) is 18.1. The standard InChI is InChI=1S/C19H22N2O3S/c1-3-24-17-11-9-16(10-12-17)20-18(22)13-25-14(2)19(23)21-15-7-5-4-6-8-15/h4-12,14H,3,13H2,1-2H3,(H,20,22)(H,21,23)/t14-/m1/s1. The summed E-state index contributed by atoms with van der Waals surface area (Å²) in [6.45, 7) is 4.31. The molecule has 0 aliphatic heterocycles. The maximum absolute atomic E-state index is 12.1. The van der Waals surface area contributed by atoms with E-state index in [0.717, 1.165) is 11.4 Å². The fraction of sp³-hybridized carbons (Fsp3) is 0.263. The number of carbonyl (C=O) groups is 2. The molecule has 0 bridgehead atoms. The summed E-state index contributed by atoms with van der Waals surface area (Å²) in [5.41, 5.74) is 1.45. The van der Waals surface area contributed by atoms with Crippen LogP contribution < -0.4 is 15.4 Å². The number of benzene rings is 2. The average Bonchev–Trinajstić information content (AvgIpc) is 2.62. The molecule has 0 spiro atoms. The van der Waals surface area contributed by atoms with Gasteiger partial charge in [-0.1, -0.05) is 18.2 Å². The number of hydrogen-bond acceptors (Lipinski definition) is 4. The summed E-state index contributed by atoms with van der Waals surface area (Å²) in [4.78, 5) is 24.1. The molecule has 0 saturated heterocycles. The summed E-state index contributed by atoms with van der Waals surface area (Å²) in [5, 5.41) is 5.31. The van der Waals surface area contributed by atoms with E-state index in [1.165, 1.54) is 11.8 Å². The normalized spacial score (nSPS) is 11.4. The smallest absolute Gasteiger partial charge is 0.237 e. The molecule has 2 amide bonds. The summed E-state index contributed by atoms with van der Waals surface area (Å²) < 4.78 is 5.36. The van der Waals surface area contributed by atoms with Crippen LogP contribution in [0, 0.1) is 0 Å². The number of thioether (sulfide) groups is 1. The van der Waals surface area contributed by atoms with E-state index in [0.29, 0.717) is 12.3 Å². The number of hydrogen-bond donors (Lipinski definition) is 2. The first-order valence-corrected chi connectivity index (χ1v) is 9.13. The van der Waals surface area contributed by atoms with Crippen LogP contribution in [0.25, 0.3) is 0 Å². The Hall–Kier alpha value is -2.47. The van der Waals surface area contributed by atoms with Gasteiger partial charge in [0.1, 0.15) is 5.75 Å². The Balaban J connectivity index is 1.75. The second kappa shape index (κ2) is 9.74. The van der Waals surface area contributed by atoms with Crippen molar-refractivity contribution in [1.29, 1.82) is 0 Å². The molecule has 2 rings (SSSR count). The highest BCUT2D eigenvalue weighted by Gasteiger charge is 2.15. The number of nitrogens with one attached hydrogen (secondary N) is 2. The van der Waals surface area contributed by atoms with Crippen molar-refractivity contribution in [2.75, 3.05) is 23.0 Å². The summed E-state index contributed by atoms with van der Waals surface area (Å²) >= 11 is 1.29. The van der Waals surface area contributed by atoms with Gasteiger partial charge in [-0.3, -0.25) is 9.59 Å². The Morgan fingerprint density at radius 3 is 2.28 bits per heavy atom. The van der Waals surface area contributed by atoms with E-state index in [1.807, 2.05) is 49.4 Å². The Morgan fingerprint density at radius 1 is 1.00 bits per heavy atom. The van der Waals surface area contributed by atoms with Gasteiger partial charge in [-0.2, -0.15) is 0 Å². The lowest BCUT2D eigenvalue weighted by Gasteiger charge is -2.12. The molecule has 2 aromatic carbocycles. The highest BCUT2D eigenvalue weighted by molar-refractivity contribution is 8.01. The maximum Gasteiger partial charge on any atom is 0.237 e. The zero-order valence-corrected chi connectivity index (χ0v) is 15.1. The van der Waals surface area contributed by atoms with E-state index >= 15 is 0 Å². The molecular formula is C19H22N2O3S. The van der Waals surface area contributed by atoms with Gasteiger partial charge in [-0.15, -0.1) is 11.8 Å². The average molecular weight is 358 g/mol. The van der Waals surface area contributed by atoms with E-state index in [2.05, 4.69) is 10.6 Å².